The van der Waals surface area contributed by atoms with Gasteiger partial charge in [0, 0.05) is 18.0 Å². The number of carbonyl (C=O) groups excluding carboxylic acids is 2. The Morgan fingerprint density at radius 1 is 1.12 bits per heavy atom. The van der Waals surface area contributed by atoms with Crippen LogP contribution in [-0.2, 0) is 10.2 Å². The van der Waals surface area contributed by atoms with E-state index in [0.29, 0.717) is 12.4 Å². The first-order chi connectivity index (χ1) is 16.1. The van der Waals surface area contributed by atoms with Crippen molar-refractivity contribution in [3.05, 3.63) is 65.2 Å². The minimum atomic E-state index is -0.283. The van der Waals surface area contributed by atoms with E-state index in [1.807, 2.05) is 32.0 Å². The second kappa shape index (κ2) is 10.7. The Morgan fingerprint density at radius 3 is 2.50 bits per heavy atom. The highest BCUT2D eigenvalue weighted by Gasteiger charge is 2.24. The molecule has 0 aliphatic heterocycles. The minimum absolute atomic E-state index is 0.0633. The summed E-state index contributed by atoms with van der Waals surface area (Å²) in [7, 11) is 0. The average Bonchev–Trinajstić information content (AvgIpc) is 3.43. The van der Waals surface area contributed by atoms with Gasteiger partial charge < -0.3 is 14.6 Å². The molecule has 0 aliphatic carbocycles. The molecule has 3 rings (SSSR count). The zero-order valence-corrected chi connectivity index (χ0v) is 21.1. The molecule has 0 saturated heterocycles. The van der Waals surface area contributed by atoms with E-state index in [0.717, 1.165) is 41.8 Å². The van der Waals surface area contributed by atoms with Crippen LogP contribution in [0.4, 0.5) is 5.82 Å². The van der Waals surface area contributed by atoms with Crippen LogP contribution in [0.3, 0.4) is 0 Å². The van der Waals surface area contributed by atoms with E-state index in [2.05, 4.69) is 39.1 Å². The lowest BCUT2D eigenvalue weighted by atomic mass is 9.92. The van der Waals surface area contributed by atoms with Crippen molar-refractivity contribution in [2.75, 3.05) is 18.4 Å². The van der Waals surface area contributed by atoms with Crippen LogP contribution < -0.4 is 5.32 Å². The molecule has 0 saturated carbocycles. The summed E-state index contributed by atoms with van der Waals surface area (Å²) in [5, 5.41) is 7.82. The SMILES string of the molecule is CCCCCN(CC(=O)Nc1cc(C(C)(C)C)nn1-c1ccc(C)cc1C)C(=O)c1ccco1. The third-order valence-electron chi connectivity index (χ3n) is 5.71. The third-order valence-corrected chi connectivity index (χ3v) is 5.71. The predicted molar refractivity (Wildman–Crippen MR) is 135 cm³/mol. The van der Waals surface area contributed by atoms with E-state index in [1.165, 1.54) is 6.26 Å². The number of benzene rings is 1. The summed E-state index contributed by atoms with van der Waals surface area (Å²) in [5.41, 5.74) is 3.81. The van der Waals surface area contributed by atoms with Crippen molar-refractivity contribution in [3.63, 3.8) is 0 Å². The fourth-order valence-corrected chi connectivity index (χ4v) is 3.78. The van der Waals surface area contributed by atoms with Gasteiger partial charge in [-0.1, -0.05) is 58.2 Å². The van der Waals surface area contributed by atoms with Crippen LogP contribution in [0.2, 0.25) is 0 Å². The molecule has 0 spiro atoms. The lowest BCUT2D eigenvalue weighted by molar-refractivity contribution is -0.117. The van der Waals surface area contributed by atoms with E-state index in [-0.39, 0.29) is 29.5 Å². The molecule has 3 aromatic rings. The Balaban J connectivity index is 1.86. The summed E-state index contributed by atoms with van der Waals surface area (Å²) in [5.74, 6) is 0.262. The molecular formula is C27H36N4O3. The summed E-state index contributed by atoms with van der Waals surface area (Å²) in [6.07, 6.45) is 4.30. The van der Waals surface area contributed by atoms with Crippen LogP contribution >= 0.6 is 0 Å². The van der Waals surface area contributed by atoms with Crippen molar-refractivity contribution in [2.45, 2.75) is 66.2 Å². The molecular weight excluding hydrogens is 428 g/mol. The molecule has 0 radical (unpaired) electrons. The van der Waals surface area contributed by atoms with Crippen LogP contribution in [0.1, 0.15) is 74.3 Å². The maximum Gasteiger partial charge on any atom is 0.290 e. The predicted octanol–water partition coefficient (Wildman–Crippen LogP) is 5.65. The average molecular weight is 465 g/mol. The highest BCUT2D eigenvalue weighted by Crippen LogP contribution is 2.28. The number of amides is 2. The van der Waals surface area contributed by atoms with E-state index in [4.69, 9.17) is 9.52 Å². The van der Waals surface area contributed by atoms with E-state index in [9.17, 15) is 9.59 Å². The largest absolute Gasteiger partial charge is 0.459 e. The molecule has 2 aromatic heterocycles. The second-order valence-corrected chi connectivity index (χ2v) is 9.83. The molecule has 0 aliphatic rings. The molecule has 7 nitrogen and oxygen atoms in total. The number of furan rings is 1. The summed E-state index contributed by atoms with van der Waals surface area (Å²) in [6, 6.07) is 11.3. The van der Waals surface area contributed by atoms with Gasteiger partial charge in [-0.2, -0.15) is 5.10 Å². The molecule has 0 unspecified atom stereocenters. The molecule has 1 aromatic carbocycles. The smallest absolute Gasteiger partial charge is 0.290 e. The minimum Gasteiger partial charge on any atom is -0.459 e. The van der Waals surface area contributed by atoms with Gasteiger partial charge in [0.05, 0.1) is 17.6 Å². The van der Waals surface area contributed by atoms with Crippen molar-refractivity contribution < 1.29 is 14.0 Å². The fourth-order valence-electron chi connectivity index (χ4n) is 3.78. The quantitative estimate of drug-likeness (QED) is 0.415. The highest BCUT2D eigenvalue weighted by molar-refractivity contribution is 5.97. The molecule has 182 valence electrons. The van der Waals surface area contributed by atoms with Crippen LogP contribution in [0, 0.1) is 13.8 Å². The number of carbonyl (C=O) groups is 2. The second-order valence-electron chi connectivity index (χ2n) is 9.83. The number of rotatable bonds is 9. The first-order valence-corrected chi connectivity index (χ1v) is 11.9. The summed E-state index contributed by atoms with van der Waals surface area (Å²) < 4.78 is 7.07. The van der Waals surface area contributed by atoms with Crippen molar-refractivity contribution in [1.29, 1.82) is 0 Å². The fraction of sp³-hybridized carbons (Fsp3) is 0.444. The van der Waals surface area contributed by atoms with Crippen molar-refractivity contribution in [1.82, 2.24) is 14.7 Å². The molecule has 34 heavy (non-hydrogen) atoms. The van der Waals surface area contributed by atoms with Gasteiger partial charge in [-0.05, 0) is 44.0 Å². The Labute approximate surface area is 202 Å². The molecule has 0 fully saturated rings. The van der Waals surface area contributed by atoms with Gasteiger partial charge in [-0.3, -0.25) is 9.59 Å². The molecule has 1 N–H and O–H groups in total. The number of nitrogens with one attached hydrogen (secondary N) is 1. The van der Waals surface area contributed by atoms with Crippen molar-refractivity contribution in [3.8, 4) is 5.69 Å². The van der Waals surface area contributed by atoms with Crippen molar-refractivity contribution >= 4 is 17.6 Å². The first-order valence-electron chi connectivity index (χ1n) is 11.9. The number of anilines is 1. The first kappa shape index (κ1) is 25.3. The number of hydrogen-bond donors (Lipinski definition) is 1. The van der Waals surface area contributed by atoms with E-state index >= 15 is 0 Å². The molecule has 7 heteroatoms. The zero-order valence-electron chi connectivity index (χ0n) is 21.1. The molecule has 0 bridgehead atoms. The number of nitrogens with zero attached hydrogens (tertiary/aromatic N) is 3. The van der Waals surface area contributed by atoms with Gasteiger partial charge in [0.25, 0.3) is 5.91 Å². The van der Waals surface area contributed by atoms with Gasteiger partial charge in [-0.25, -0.2) is 4.68 Å². The highest BCUT2D eigenvalue weighted by atomic mass is 16.3. The van der Waals surface area contributed by atoms with Crippen LogP contribution in [0.25, 0.3) is 5.69 Å². The molecule has 2 amide bonds. The lowest BCUT2D eigenvalue weighted by Gasteiger charge is -2.21. The van der Waals surface area contributed by atoms with Gasteiger partial charge >= 0.3 is 0 Å². The van der Waals surface area contributed by atoms with Crippen LogP contribution in [0.5, 0.6) is 0 Å². The normalized spacial score (nSPS) is 11.5. The Bertz CT molecular complexity index is 1120. The van der Waals surface area contributed by atoms with E-state index < -0.39 is 0 Å². The Kier molecular flexibility index (Phi) is 7.97. The van der Waals surface area contributed by atoms with E-state index in [1.54, 1.807) is 21.7 Å². The van der Waals surface area contributed by atoms with Gasteiger partial charge in [0.15, 0.2) is 5.76 Å². The maximum atomic E-state index is 13.1. The topological polar surface area (TPSA) is 80.4 Å². The maximum absolute atomic E-state index is 13.1. The monoisotopic (exact) mass is 464 g/mol. The zero-order chi connectivity index (χ0) is 24.9. The number of unbranched alkanes of at least 4 members (excludes halogenated alkanes) is 2. The van der Waals surface area contributed by atoms with Crippen LogP contribution in [-0.4, -0.2) is 39.6 Å². The van der Waals surface area contributed by atoms with Crippen molar-refractivity contribution in [2.24, 2.45) is 0 Å². The summed E-state index contributed by atoms with van der Waals surface area (Å²) in [6.45, 7) is 12.9. The number of aryl methyl sites for hydroxylation is 2. The van der Waals surface area contributed by atoms with Gasteiger partial charge in [0.1, 0.15) is 12.4 Å². The Hall–Kier alpha value is -3.35. The van der Waals surface area contributed by atoms with Gasteiger partial charge in [0.2, 0.25) is 5.91 Å². The molecule has 2 heterocycles. The standard InChI is InChI=1S/C27H36N4O3/c1-7-8-9-14-30(26(33)22-11-10-15-34-22)18-25(32)28-24-17-23(27(4,5)6)29-31(24)21-13-12-19(2)16-20(21)3/h10-13,15-17H,7-9,14,18H2,1-6H3,(H,28,32). The third kappa shape index (κ3) is 6.16. The lowest BCUT2D eigenvalue weighted by Crippen LogP contribution is -2.38. The molecule has 0 atom stereocenters. The summed E-state index contributed by atoms with van der Waals surface area (Å²) in [4.78, 5) is 27.6. The Morgan fingerprint density at radius 2 is 1.88 bits per heavy atom. The number of hydrogen-bond acceptors (Lipinski definition) is 4. The number of aromatic nitrogens is 2. The van der Waals surface area contributed by atoms with Crippen LogP contribution in [0.15, 0.2) is 47.1 Å². The van der Waals surface area contributed by atoms with Gasteiger partial charge in [-0.15, -0.1) is 0 Å². The summed E-state index contributed by atoms with van der Waals surface area (Å²) >= 11 is 0.